The number of carbonyl (C=O) groups excluding carboxylic acids is 1. The van der Waals surface area contributed by atoms with E-state index in [9.17, 15) is 4.79 Å². The first-order valence-electron chi connectivity index (χ1n) is 8.68. The highest BCUT2D eigenvalue weighted by atomic mass is 32.1. The van der Waals surface area contributed by atoms with Gasteiger partial charge in [0.25, 0.3) is 0 Å². The standard InChI is InChI=1S/C18H22N4O2S/c1-18(2,3)24-17(23)13-8-14(16(21-20-13)11-4-5-11)22-7-6-12-15(9-22)25-10-19-12/h8,10-11H,4-7,9H2,1-3H3. The largest absolute Gasteiger partial charge is 0.455 e. The van der Waals surface area contributed by atoms with Gasteiger partial charge in [-0.1, -0.05) is 0 Å². The van der Waals surface area contributed by atoms with Crippen LogP contribution in [0.15, 0.2) is 11.6 Å². The number of nitrogens with zero attached hydrogens (tertiary/aromatic N) is 4. The summed E-state index contributed by atoms with van der Waals surface area (Å²) in [5, 5.41) is 8.56. The van der Waals surface area contributed by atoms with E-state index in [1.807, 2.05) is 32.3 Å². The summed E-state index contributed by atoms with van der Waals surface area (Å²) in [7, 11) is 0. The second-order valence-electron chi connectivity index (χ2n) is 7.67. The van der Waals surface area contributed by atoms with E-state index >= 15 is 0 Å². The minimum atomic E-state index is -0.545. The Hall–Kier alpha value is -2.02. The van der Waals surface area contributed by atoms with Crippen molar-refractivity contribution in [3.63, 3.8) is 0 Å². The summed E-state index contributed by atoms with van der Waals surface area (Å²) < 4.78 is 5.46. The van der Waals surface area contributed by atoms with Gasteiger partial charge in [-0.25, -0.2) is 9.78 Å². The van der Waals surface area contributed by atoms with Gasteiger partial charge in [-0.2, -0.15) is 5.10 Å². The molecule has 7 heteroatoms. The van der Waals surface area contributed by atoms with Crippen LogP contribution >= 0.6 is 11.3 Å². The molecule has 0 bridgehead atoms. The maximum atomic E-state index is 12.4. The highest BCUT2D eigenvalue weighted by molar-refractivity contribution is 7.09. The summed E-state index contributed by atoms with van der Waals surface area (Å²) in [6.07, 6.45) is 3.22. The first kappa shape index (κ1) is 16.4. The Morgan fingerprint density at radius 3 is 2.84 bits per heavy atom. The molecule has 0 atom stereocenters. The second-order valence-corrected chi connectivity index (χ2v) is 8.61. The van der Waals surface area contributed by atoms with Crippen molar-refractivity contribution in [3.05, 3.63) is 33.5 Å². The van der Waals surface area contributed by atoms with Crippen LogP contribution < -0.4 is 4.90 Å². The minimum absolute atomic E-state index is 0.282. The number of fused-ring (bicyclic) bond motifs is 1. The van der Waals surface area contributed by atoms with Crippen molar-refractivity contribution in [2.24, 2.45) is 0 Å². The van der Waals surface area contributed by atoms with E-state index in [2.05, 4.69) is 20.1 Å². The number of anilines is 1. The lowest BCUT2D eigenvalue weighted by Gasteiger charge is -2.29. The van der Waals surface area contributed by atoms with Gasteiger partial charge < -0.3 is 9.64 Å². The highest BCUT2D eigenvalue weighted by Crippen LogP contribution is 2.44. The Labute approximate surface area is 151 Å². The van der Waals surface area contributed by atoms with E-state index in [-0.39, 0.29) is 5.69 Å². The zero-order valence-electron chi connectivity index (χ0n) is 14.8. The average Bonchev–Trinajstić information content (AvgIpc) is 3.29. The molecule has 1 fully saturated rings. The van der Waals surface area contributed by atoms with E-state index in [1.54, 1.807) is 11.3 Å². The van der Waals surface area contributed by atoms with E-state index < -0.39 is 11.6 Å². The summed E-state index contributed by atoms with van der Waals surface area (Å²) >= 11 is 1.69. The molecule has 2 aromatic heterocycles. The monoisotopic (exact) mass is 358 g/mol. The van der Waals surface area contributed by atoms with Crippen molar-refractivity contribution in [3.8, 4) is 0 Å². The van der Waals surface area contributed by atoms with Crippen LogP contribution in [-0.2, 0) is 17.7 Å². The first-order chi connectivity index (χ1) is 11.9. The fourth-order valence-electron chi connectivity index (χ4n) is 3.05. The molecule has 0 unspecified atom stereocenters. The van der Waals surface area contributed by atoms with Crippen molar-refractivity contribution in [1.29, 1.82) is 0 Å². The molecule has 6 nitrogen and oxygen atoms in total. The molecule has 0 aromatic carbocycles. The predicted octanol–water partition coefficient (Wildman–Crippen LogP) is 3.33. The van der Waals surface area contributed by atoms with Crippen LogP contribution in [0.25, 0.3) is 0 Å². The Bertz CT molecular complexity index is 808. The fraction of sp³-hybridized carbons (Fsp3) is 0.556. The molecule has 0 amide bonds. The van der Waals surface area contributed by atoms with Crippen LogP contribution in [0.1, 0.15) is 66.3 Å². The van der Waals surface area contributed by atoms with Crippen LogP contribution in [0, 0.1) is 0 Å². The fourth-order valence-corrected chi connectivity index (χ4v) is 3.88. The molecular formula is C18H22N4O2S. The van der Waals surface area contributed by atoms with Gasteiger partial charge in [0, 0.05) is 23.8 Å². The van der Waals surface area contributed by atoms with E-state index in [0.29, 0.717) is 5.92 Å². The van der Waals surface area contributed by atoms with Gasteiger partial charge in [0.1, 0.15) is 5.60 Å². The molecule has 3 heterocycles. The van der Waals surface area contributed by atoms with Crippen molar-refractivity contribution in [2.75, 3.05) is 11.4 Å². The number of hydrogen-bond donors (Lipinski definition) is 0. The summed E-state index contributed by atoms with van der Waals surface area (Å²) in [5.74, 6) is 0.0529. The van der Waals surface area contributed by atoms with E-state index in [4.69, 9.17) is 4.74 Å². The number of rotatable bonds is 3. The lowest BCUT2D eigenvalue weighted by Crippen LogP contribution is -2.31. The van der Waals surface area contributed by atoms with E-state index in [1.165, 1.54) is 10.6 Å². The van der Waals surface area contributed by atoms with Gasteiger partial charge in [-0.3, -0.25) is 0 Å². The molecule has 1 aliphatic heterocycles. The van der Waals surface area contributed by atoms with Crippen LogP contribution in [-0.4, -0.2) is 33.3 Å². The van der Waals surface area contributed by atoms with Crippen LogP contribution in [0.5, 0.6) is 0 Å². The van der Waals surface area contributed by atoms with Gasteiger partial charge in [0.15, 0.2) is 5.69 Å². The molecular weight excluding hydrogens is 336 g/mol. The molecule has 132 valence electrons. The molecule has 0 spiro atoms. The lowest BCUT2D eigenvalue weighted by molar-refractivity contribution is 0.00615. The molecule has 2 aromatic rings. The Balaban J connectivity index is 1.65. The Morgan fingerprint density at radius 2 is 2.12 bits per heavy atom. The highest BCUT2D eigenvalue weighted by Gasteiger charge is 2.32. The number of ether oxygens (including phenoxy) is 1. The number of carbonyl (C=O) groups is 1. The van der Waals surface area contributed by atoms with Crippen LogP contribution in [0.3, 0.4) is 0 Å². The molecule has 0 radical (unpaired) electrons. The maximum Gasteiger partial charge on any atom is 0.359 e. The molecule has 1 aliphatic carbocycles. The summed E-state index contributed by atoms with van der Waals surface area (Å²) in [4.78, 5) is 20.4. The molecule has 0 N–H and O–H groups in total. The first-order valence-corrected chi connectivity index (χ1v) is 9.56. The molecule has 2 aliphatic rings. The zero-order chi connectivity index (χ0) is 17.6. The summed E-state index contributed by atoms with van der Waals surface area (Å²) in [5.41, 5.74) is 4.88. The third kappa shape index (κ3) is 3.51. The minimum Gasteiger partial charge on any atom is -0.455 e. The van der Waals surface area contributed by atoms with Crippen LogP contribution in [0.2, 0.25) is 0 Å². The van der Waals surface area contributed by atoms with E-state index in [0.717, 1.165) is 43.7 Å². The van der Waals surface area contributed by atoms with Gasteiger partial charge in [0.2, 0.25) is 0 Å². The number of esters is 1. The third-order valence-electron chi connectivity index (χ3n) is 4.39. The average molecular weight is 358 g/mol. The zero-order valence-corrected chi connectivity index (χ0v) is 15.6. The smallest absolute Gasteiger partial charge is 0.359 e. The van der Waals surface area contributed by atoms with Crippen molar-refractivity contribution >= 4 is 23.0 Å². The second kappa shape index (κ2) is 6.05. The summed E-state index contributed by atoms with van der Waals surface area (Å²) in [6, 6.07) is 1.86. The van der Waals surface area contributed by atoms with Gasteiger partial charge in [-0.15, -0.1) is 16.4 Å². The normalized spacial score (nSPS) is 17.3. The van der Waals surface area contributed by atoms with Gasteiger partial charge in [0.05, 0.1) is 29.1 Å². The summed E-state index contributed by atoms with van der Waals surface area (Å²) in [6.45, 7) is 7.27. The predicted molar refractivity (Wildman–Crippen MR) is 96.0 cm³/mol. The maximum absolute atomic E-state index is 12.4. The molecule has 0 saturated heterocycles. The molecule has 25 heavy (non-hydrogen) atoms. The number of aromatic nitrogens is 3. The number of hydrogen-bond acceptors (Lipinski definition) is 7. The van der Waals surface area contributed by atoms with Crippen molar-refractivity contribution in [2.45, 2.75) is 58.1 Å². The molecule has 4 rings (SSSR count). The molecule has 1 saturated carbocycles. The quantitative estimate of drug-likeness (QED) is 0.784. The van der Waals surface area contributed by atoms with Crippen molar-refractivity contribution < 1.29 is 9.53 Å². The van der Waals surface area contributed by atoms with Gasteiger partial charge >= 0.3 is 5.97 Å². The van der Waals surface area contributed by atoms with Crippen LogP contribution in [0.4, 0.5) is 5.69 Å². The van der Waals surface area contributed by atoms with Crippen molar-refractivity contribution in [1.82, 2.24) is 15.2 Å². The number of thiazole rings is 1. The topological polar surface area (TPSA) is 68.2 Å². The third-order valence-corrected chi connectivity index (χ3v) is 5.25. The lowest BCUT2D eigenvalue weighted by atomic mass is 10.1. The van der Waals surface area contributed by atoms with Gasteiger partial charge in [-0.05, 0) is 39.7 Å². The SMILES string of the molecule is CC(C)(C)OC(=O)c1cc(N2CCc3ncsc3C2)c(C2CC2)nn1. The Kier molecular flexibility index (Phi) is 3.98. The Morgan fingerprint density at radius 1 is 1.32 bits per heavy atom.